The van der Waals surface area contributed by atoms with Gasteiger partial charge in [0.15, 0.2) is 0 Å². The van der Waals surface area contributed by atoms with E-state index in [1.807, 2.05) is 0 Å². The van der Waals surface area contributed by atoms with Gasteiger partial charge in [0.2, 0.25) is 11.8 Å². The molecule has 1 aliphatic heterocycles. The van der Waals surface area contributed by atoms with Crippen LogP contribution < -0.4 is 11.1 Å². The molecular weight excluding hydrogens is 500 g/mol. The number of aromatic nitrogens is 3. The highest BCUT2D eigenvalue weighted by Crippen LogP contribution is 2.35. The van der Waals surface area contributed by atoms with E-state index in [2.05, 4.69) is 15.6 Å². The number of carbonyl (C=O) groups excluding carboxylic acids is 3. The number of carbonyl (C=O) groups is 3. The molecule has 39 heavy (non-hydrogen) atoms. The first kappa shape index (κ1) is 29.5. The summed E-state index contributed by atoms with van der Waals surface area (Å²) in [6.45, 7) is 3.56. The van der Waals surface area contributed by atoms with Crippen LogP contribution >= 0.6 is 0 Å². The molecule has 0 aromatic carbocycles. The van der Waals surface area contributed by atoms with Gasteiger partial charge in [-0.15, -0.1) is 5.10 Å². The fourth-order valence-corrected chi connectivity index (χ4v) is 6.80. The molecule has 0 spiro atoms. The summed E-state index contributed by atoms with van der Waals surface area (Å²) in [5.74, 6) is -0.460. The molecule has 2 amide bonds. The average Bonchev–Trinajstić information content (AvgIpc) is 3.57. The van der Waals surface area contributed by atoms with Gasteiger partial charge in [-0.2, -0.15) is 0 Å². The predicted octanol–water partition coefficient (Wildman–Crippen LogP) is 2.33. The number of rotatable bonds is 9. The molecule has 3 aliphatic rings. The Hall–Kier alpha value is -2.53. The molecule has 4 rings (SSSR count). The molecule has 3 atom stereocenters. The molecule has 3 fully saturated rings. The lowest BCUT2D eigenvalue weighted by Gasteiger charge is -2.39. The number of ether oxygens (including phenoxy) is 1. The van der Waals surface area contributed by atoms with Crippen LogP contribution in [0.15, 0.2) is 6.20 Å². The first-order valence-electron chi connectivity index (χ1n) is 14.6. The van der Waals surface area contributed by atoms with Crippen molar-refractivity contribution in [3.63, 3.8) is 0 Å². The van der Waals surface area contributed by atoms with E-state index in [9.17, 15) is 19.5 Å². The smallest absolute Gasteiger partial charge is 0.307 e. The fourth-order valence-electron chi connectivity index (χ4n) is 6.80. The van der Waals surface area contributed by atoms with E-state index in [-0.39, 0.29) is 36.8 Å². The molecule has 11 nitrogen and oxygen atoms in total. The lowest BCUT2D eigenvalue weighted by atomic mass is 9.79. The molecule has 1 aromatic heterocycles. The van der Waals surface area contributed by atoms with Gasteiger partial charge in [-0.1, -0.05) is 56.6 Å². The Morgan fingerprint density at radius 2 is 1.85 bits per heavy atom. The second kappa shape index (κ2) is 12.3. The van der Waals surface area contributed by atoms with Crippen molar-refractivity contribution in [2.75, 3.05) is 13.7 Å². The summed E-state index contributed by atoms with van der Waals surface area (Å²) in [6.07, 6.45) is 12.5. The average molecular weight is 547 g/mol. The molecule has 4 N–H and O–H groups in total. The molecule has 1 saturated heterocycles. The van der Waals surface area contributed by atoms with Crippen molar-refractivity contribution >= 4 is 17.8 Å². The molecule has 0 radical (unpaired) electrons. The van der Waals surface area contributed by atoms with Crippen LogP contribution in [0, 0.1) is 5.92 Å². The van der Waals surface area contributed by atoms with Crippen LogP contribution in [0.25, 0.3) is 0 Å². The van der Waals surface area contributed by atoms with Gasteiger partial charge in [0, 0.05) is 13.0 Å². The zero-order chi connectivity index (χ0) is 28.2. The highest BCUT2D eigenvalue weighted by Gasteiger charge is 2.46. The largest absolute Gasteiger partial charge is 0.469 e. The van der Waals surface area contributed by atoms with Crippen LogP contribution in [0.1, 0.15) is 109 Å². The molecule has 1 aromatic rings. The molecule has 0 bridgehead atoms. The van der Waals surface area contributed by atoms with Gasteiger partial charge in [0.1, 0.15) is 11.6 Å². The van der Waals surface area contributed by atoms with Crippen molar-refractivity contribution in [1.82, 2.24) is 25.2 Å². The second-order valence-electron chi connectivity index (χ2n) is 12.4. The quantitative estimate of drug-likeness (QED) is 0.399. The van der Waals surface area contributed by atoms with Crippen molar-refractivity contribution in [2.24, 2.45) is 11.7 Å². The Morgan fingerprint density at radius 3 is 2.49 bits per heavy atom. The normalized spacial score (nSPS) is 24.8. The number of aliphatic hydroxyl groups is 1. The maximum atomic E-state index is 13.9. The molecule has 2 aliphatic carbocycles. The first-order chi connectivity index (χ1) is 18.5. The lowest BCUT2D eigenvalue weighted by Crippen LogP contribution is -2.58. The van der Waals surface area contributed by atoms with Gasteiger partial charge in [-0.25, -0.2) is 4.68 Å². The van der Waals surface area contributed by atoms with Crippen LogP contribution in [0.5, 0.6) is 0 Å². The summed E-state index contributed by atoms with van der Waals surface area (Å²) < 4.78 is 6.58. The number of nitrogens with one attached hydrogen (secondary N) is 1. The summed E-state index contributed by atoms with van der Waals surface area (Å²) in [7, 11) is 1.36. The van der Waals surface area contributed by atoms with Gasteiger partial charge < -0.3 is 25.8 Å². The summed E-state index contributed by atoms with van der Waals surface area (Å²) in [5.41, 5.74) is 5.12. The number of esters is 1. The number of nitrogens with two attached hydrogens (primary N) is 1. The summed E-state index contributed by atoms with van der Waals surface area (Å²) in [6, 6.07) is -1.81. The summed E-state index contributed by atoms with van der Waals surface area (Å²) in [5, 5.41) is 22.1. The third-order valence-electron chi connectivity index (χ3n) is 8.95. The minimum Gasteiger partial charge on any atom is -0.469 e. The first-order valence-corrected chi connectivity index (χ1v) is 14.6. The zero-order valence-corrected chi connectivity index (χ0v) is 23.7. The lowest BCUT2D eigenvalue weighted by molar-refractivity contribution is -0.145. The van der Waals surface area contributed by atoms with Crippen LogP contribution in [-0.2, 0) is 24.7 Å². The number of hydrogen-bond donors (Lipinski definition) is 3. The maximum absolute atomic E-state index is 13.9. The van der Waals surface area contributed by atoms with Crippen molar-refractivity contribution in [3.8, 4) is 0 Å². The van der Waals surface area contributed by atoms with Crippen LogP contribution in [0.4, 0.5) is 0 Å². The van der Waals surface area contributed by atoms with Gasteiger partial charge in [0.25, 0.3) is 0 Å². The highest BCUT2D eigenvalue weighted by molar-refractivity contribution is 5.91. The molecule has 11 heteroatoms. The number of likely N-dealkylation sites (tertiary alicyclic amines) is 1. The predicted molar refractivity (Wildman–Crippen MR) is 144 cm³/mol. The maximum Gasteiger partial charge on any atom is 0.307 e. The van der Waals surface area contributed by atoms with Gasteiger partial charge >= 0.3 is 5.97 Å². The minimum atomic E-state index is -1.19. The highest BCUT2D eigenvalue weighted by atomic mass is 16.5. The van der Waals surface area contributed by atoms with Crippen molar-refractivity contribution < 1.29 is 24.2 Å². The summed E-state index contributed by atoms with van der Waals surface area (Å²) >= 11 is 0. The molecule has 2 heterocycles. The Kier molecular flexibility index (Phi) is 9.31. The SMILES string of the molecule is COC(=O)CC1(NC(=O)[C@@H]2C[C@H](n3nncc3C(C)(C)O)CN2C(=O)[C@H](N)CC2CCCCC2)CCCCC1. The van der Waals surface area contributed by atoms with Gasteiger partial charge in [-0.3, -0.25) is 14.4 Å². The number of nitrogens with zero attached hydrogens (tertiary/aromatic N) is 4. The van der Waals surface area contributed by atoms with E-state index in [4.69, 9.17) is 10.5 Å². The van der Waals surface area contributed by atoms with E-state index in [0.29, 0.717) is 37.3 Å². The van der Waals surface area contributed by atoms with Crippen LogP contribution in [0.3, 0.4) is 0 Å². The van der Waals surface area contributed by atoms with Crippen molar-refractivity contribution in [1.29, 1.82) is 0 Å². The van der Waals surface area contributed by atoms with E-state index in [1.165, 1.54) is 19.7 Å². The molecular formula is C28H46N6O5. The Labute approximate surface area is 231 Å². The Balaban J connectivity index is 1.57. The number of methoxy groups -OCH3 is 1. The zero-order valence-electron chi connectivity index (χ0n) is 23.7. The number of amides is 2. The third-order valence-corrected chi connectivity index (χ3v) is 8.95. The summed E-state index contributed by atoms with van der Waals surface area (Å²) in [4.78, 5) is 41.6. The minimum absolute atomic E-state index is 0.104. The molecule has 2 saturated carbocycles. The van der Waals surface area contributed by atoms with Crippen molar-refractivity contribution in [2.45, 2.75) is 127 Å². The van der Waals surface area contributed by atoms with E-state index in [0.717, 1.165) is 44.9 Å². The van der Waals surface area contributed by atoms with E-state index in [1.54, 1.807) is 23.4 Å². The Bertz CT molecular complexity index is 1010. The topological polar surface area (TPSA) is 153 Å². The molecule has 218 valence electrons. The van der Waals surface area contributed by atoms with Gasteiger partial charge in [0.05, 0.1) is 43.0 Å². The third kappa shape index (κ3) is 6.98. The second-order valence-corrected chi connectivity index (χ2v) is 12.4. The van der Waals surface area contributed by atoms with E-state index < -0.39 is 23.2 Å². The monoisotopic (exact) mass is 546 g/mol. The van der Waals surface area contributed by atoms with Crippen LogP contribution in [-0.4, -0.2) is 74.1 Å². The standard InChI is InChI=1S/C28H46N6O5/c1-27(2,38)23-17-30-32-34(23)20-15-22(25(36)31-28(16-24(35)39-3)12-8-5-9-13-28)33(18-20)26(37)21(29)14-19-10-6-4-7-11-19/h17,19-22,38H,4-16,18,29H2,1-3H3,(H,31,36)/t20-,21+,22-/m0/s1. The fraction of sp³-hybridized carbons (Fsp3) is 0.821. The van der Waals surface area contributed by atoms with E-state index >= 15 is 0 Å². The number of hydrogen-bond acceptors (Lipinski definition) is 8. The molecule has 0 unspecified atom stereocenters. The van der Waals surface area contributed by atoms with Crippen LogP contribution in [0.2, 0.25) is 0 Å². The van der Waals surface area contributed by atoms with Crippen molar-refractivity contribution in [3.05, 3.63) is 11.9 Å². The van der Waals surface area contributed by atoms with Gasteiger partial charge in [-0.05, 0) is 39.0 Å². The Morgan fingerprint density at radius 1 is 1.18 bits per heavy atom.